The van der Waals surface area contributed by atoms with E-state index in [0.717, 1.165) is 11.3 Å². The molecule has 0 spiro atoms. The van der Waals surface area contributed by atoms with Crippen LogP contribution < -0.4 is 5.73 Å². The van der Waals surface area contributed by atoms with Crippen LogP contribution in [0.25, 0.3) is 0 Å². The first-order valence-corrected chi connectivity index (χ1v) is 9.77. The summed E-state index contributed by atoms with van der Waals surface area (Å²) in [5.74, 6) is -2.03. The third-order valence-corrected chi connectivity index (χ3v) is 5.85. The van der Waals surface area contributed by atoms with Gasteiger partial charge >= 0.3 is 0 Å². The van der Waals surface area contributed by atoms with Crippen LogP contribution in [0, 0.1) is 17.3 Å². The monoisotopic (exact) mass is 436 g/mol. The van der Waals surface area contributed by atoms with E-state index in [0.29, 0.717) is 19.6 Å². The predicted octanol–water partition coefficient (Wildman–Crippen LogP) is 1.43. The smallest absolute Gasteiger partial charge is 0.253 e. The zero-order valence-corrected chi connectivity index (χ0v) is 18.4. The van der Waals surface area contributed by atoms with Gasteiger partial charge in [-0.25, -0.2) is 5.01 Å². The number of carbonyl (C=O) groups excluding carboxylic acids is 3. The van der Waals surface area contributed by atoms with Gasteiger partial charge < -0.3 is 15.4 Å². The van der Waals surface area contributed by atoms with Gasteiger partial charge in [-0.1, -0.05) is 44.2 Å². The number of nitrogens with zero attached hydrogens (tertiary/aromatic N) is 3. The van der Waals surface area contributed by atoms with Gasteiger partial charge in [0.25, 0.3) is 5.91 Å². The van der Waals surface area contributed by atoms with E-state index in [-0.39, 0.29) is 37.4 Å². The molecule has 2 aliphatic heterocycles. The third kappa shape index (κ3) is 4.82. The molecule has 2 atom stereocenters. The second-order valence-corrected chi connectivity index (χ2v) is 8.18. The van der Waals surface area contributed by atoms with E-state index in [2.05, 4.69) is 5.10 Å². The quantitative estimate of drug-likeness (QED) is 0.697. The highest BCUT2D eigenvalue weighted by Crippen LogP contribution is 2.31. The second kappa shape index (κ2) is 9.57. The molecule has 1 aromatic carbocycles. The fourth-order valence-electron chi connectivity index (χ4n) is 3.70. The minimum atomic E-state index is -1.08. The zero-order chi connectivity index (χ0) is 21.2. The summed E-state index contributed by atoms with van der Waals surface area (Å²) < 4.78 is 5.80. The minimum absolute atomic E-state index is 0. The van der Waals surface area contributed by atoms with Gasteiger partial charge in [-0.3, -0.25) is 14.4 Å². The number of ether oxygens (including phenoxy) is 1. The molecule has 3 rings (SSSR count). The van der Waals surface area contributed by atoms with Crippen molar-refractivity contribution in [2.24, 2.45) is 28.1 Å². The number of piperidine rings is 1. The average molecular weight is 437 g/mol. The van der Waals surface area contributed by atoms with Crippen LogP contribution in [-0.4, -0.2) is 60.1 Å². The molecule has 0 bridgehead atoms. The fourth-order valence-corrected chi connectivity index (χ4v) is 3.70. The number of hydrogen-bond acceptors (Lipinski definition) is 5. The van der Waals surface area contributed by atoms with Crippen molar-refractivity contribution in [2.45, 2.75) is 26.9 Å². The Kier molecular flexibility index (Phi) is 7.60. The Balaban J connectivity index is 0.00000320. The molecule has 0 aromatic heterocycles. The SMILES string of the molecule is CN1N=C2CCN(C(=O)[C@@H](COCc3ccccc3)C(C)(C)C(N)=O)CC2C1=O.Cl. The maximum atomic E-state index is 13.3. The number of carbonyl (C=O) groups is 3. The Morgan fingerprint density at radius 1 is 1.30 bits per heavy atom. The molecule has 2 heterocycles. The Bertz CT molecular complexity index is 828. The Hall–Kier alpha value is -2.45. The van der Waals surface area contributed by atoms with Crippen molar-refractivity contribution in [3.05, 3.63) is 35.9 Å². The summed E-state index contributed by atoms with van der Waals surface area (Å²) in [5.41, 5.74) is 6.31. The molecule has 1 aromatic rings. The number of hydrazone groups is 1. The number of benzene rings is 1. The lowest BCUT2D eigenvalue weighted by Gasteiger charge is -2.37. The van der Waals surface area contributed by atoms with Crippen molar-refractivity contribution in [3.63, 3.8) is 0 Å². The van der Waals surface area contributed by atoms with Gasteiger partial charge in [-0.2, -0.15) is 5.10 Å². The van der Waals surface area contributed by atoms with E-state index in [1.807, 2.05) is 30.3 Å². The topological polar surface area (TPSA) is 105 Å². The molecule has 8 nitrogen and oxygen atoms in total. The largest absolute Gasteiger partial charge is 0.376 e. The van der Waals surface area contributed by atoms with Crippen LogP contribution >= 0.6 is 12.4 Å². The normalized spacial score (nSPS) is 19.6. The molecule has 0 radical (unpaired) electrons. The highest BCUT2D eigenvalue weighted by molar-refractivity contribution is 6.09. The first kappa shape index (κ1) is 23.8. The van der Waals surface area contributed by atoms with E-state index >= 15 is 0 Å². The van der Waals surface area contributed by atoms with Gasteiger partial charge in [0.15, 0.2) is 0 Å². The molecule has 9 heteroatoms. The van der Waals surface area contributed by atoms with Crippen molar-refractivity contribution in [1.29, 1.82) is 0 Å². The lowest BCUT2D eigenvalue weighted by molar-refractivity contribution is -0.150. The van der Waals surface area contributed by atoms with Crippen molar-refractivity contribution >= 4 is 35.8 Å². The minimum Gasteiger partial charge on any atom is -0.376 e. The molecular formula is C21H29ClN4O4. The van der Waals surface area contributed by atoms with E-state index in [9.17, 15) is 14.4 Å². The van der Waals surface area contributed by atoms with Crippen LogP contribution in [0.5, 0.6) is 0 Å². The van der Waals surface area contributed by atoms with Crippen LogP contribution in [0.1, 0.15) is 25.8 Å². The summed E-state index contributed by atoms with van der Waals surface area (Å²) in [6.45, 7) is 4.45. The molecule has 1 unspecified atom stereocenters. The summed E-state index contributed by atoms with van der Waals surface area (Å²) >= 11 is 0. The van der Waals surface area contributed by atoms with E-state index < -0.39 is 23.2 Å². The Morgan fingerprint density at radius 3 is 2.60 bits per heavy atom. The molecular weight excluding hydrogens is 408 g/mol. The lowest BCUT2D eigenvalue weighted by Crippen LogP contribution is -2.53. The Morgan fingerprint density at radius 2 is 1.97 bits per heavy atom. The number of rotatable bonds is 7. The molecule has 0 aliphatic carbocycles. The molecule has 2 N–H and O–H groups in total. The maximum Gasteiger partial charge on any atom is 0.253 e. The van der Waals surface area contributed by atoms with Gasteiger partial charge in [0.2, 0.25) is 11.8 Å². The summed E-state index contributed by atoms with van der Waals surface area (Å²) in [6.07, 6.45) is 0.543. The van der Waals surface area contributed by atoms with Crippen LogP contribution in [0.3, 0.4) is 0 Å². The van der Waals surface area contributed by atoms with Crippen molar-refractivity contribution < 1.29 is 19.1 Å². The number of amides is 3. The molecule has 164 valence electrons. The van der Waals surface area contributed by atoms with Crippen LogP contribution in [0.4, 0.5) is 0 Å². The Labute approximate surface area is 182 Å². The third-order valence-electron chi connectivity index (χ3n) is 5.85. The second-order valence-electron chi connectivity index (χ2n) is 8.18. The van der Waals surface area contributed by atoms with Crippen LogP contribution in [0.15, 0.2) is 35.4 Å². The number of hydrogen-bond donors (Lipinski definition) is 1. The maximum absolute atomic E-state index is 13.3. The molecule has 30 heavy (non-hydrogen) atoms. The summed E-state index contributed by atoms with van der Waals surface area (Å²) in [4.78, 5) is 39.3. The number of nitrogens with two attached hydrogens (primary N) is 1. The van der Waals surface area contributed by atoms with Gasteiger partial charge in [0.05, 0.1) is 36.2 Å². The van der Waals surface area contributed by atoms with Crippen molar-refractivity contribution in [1.82, 2.24) is 9.91 Å². The predicted molar refractivity (Wildman–Crippen MR) is 115 cm³/mol. The van der Waals surface area contributed by atoms with Gasteiger partial charge in [0.1, 0.15) is 0 Å². The molecule has 1 saturated heterocycles. The summed E-state index contributed by atoms with van der Waals surface area (Å²) in [5, 5.41) is 5.59. The molecule has 3 amide bonds. The first-order chi connectivity index (χ1) is 13.7. The lowest BCUT2D eigenvalue weighted by atomic mass is 9.77. The number of likely N-dealkylation sites (tertiary alicyclic amines) is 1. The van der Waals surface area contributed by atoms with Crippen molar-refractivity contribution in [3.8, 4) is 0 Å². The fraction of sp³-hybridized carbons (Fsp3) is 0.524. The highest BCUT2D eigenvalue weighted by Gasteiger charge is 2.45. The zero-order valence-electron chi connectivity index (χ0n) is 17.5. The van der Waals surface area contributed by atoms with E-state index in [1.54, 1.807) is 25.8 Å². The molecule has 1 fully saturated rings. The molecule has 2 aliphatic rings. The standard InChI is InChI=1S/C21H28N4O4.ClH/c1-21(2,20(22)28)16(13-29-12-14-7-5-4-6-8-14)19(27)25-10-9-17-15(11-25)18(26)24(3)23-17;/h4-8,15-16H,9-13H2,1-3H3,(H2,22,28);1H/t15?,16-;/m1./s1. The van der Waals surface area contributed by atoms with Crippen LogP contribution in [0.2, 0.25) is 0 Å². The molecule has 0 saturated carbocycles. The van der Waals surface area contributed by atoms with Gasteiger partial charge in [-0.15, -0.1) is 12.4 Å². The van der Waals surface area contributed by atoms with Gasteiger partial charge in [0, 0.05) is 26.6 Å². The summed E-state index contributed by atoms with van der Waals surface area (Å²) in [6, 6.07) is 9.61. The number of primary amides is 1. The summed E-state index contributed by atoms with van der Waals surface area (Å²) in [7, 11) is 1.62. The van der Waals surface area contributed by atoms with E-state index in [4.69, 9.17) is 10.5 Å². The van der Waals surface area contributed by atoms with Crippen LogP contribution in [-0.2, 0) is 25.7 Å². The van der Waals surface area contributed by atoms with Crippen molar-refractivity contribution in [2.75, 3.05) is 26.7 Å². The highest BCUT2D eigenvalue weighted by atomic mass is 35.5. The average Bonchev–Trinajstić information content (AvgIpc) is 2.98. The van der Waals surface area contributed by atoms with E-state index in [1.165, 1.54) is 5.01 Å². The van der Waals surface area contributed by atoms with Gasteiger partial charge in [-0.05, 0) is 5.56 Å². The first-order valence-electron chi connectivity index (χ1n) is 9.77. The number of halogens is 1. The number of fused-ring (bicyclic) bond motifs is 1.